The number of thiophene rings is 1. The molecule has 0 aromatic carbocycles. The molecule has 1 atom stereocenters. The molecule has 4 heteroatoms. The fourth-order valence-corrected chi connectivity index (χ4v) is 1.95. The number of anilines is 1. The van der Waals surface area contributed by atoms with Crippen LogP contribution in [0.3, 0.4) is 0 Å². The van der Waals surface area contributed by atoms with Gasteiger partial charge in [-0.3, -0.25) is 0 Å². The summed E-state index contributed by atoms with van der Waals surface area (Å²) in [6, 6.07) is 3.71. The van der Waals surface area contributed by atoms with Crippen molar-refractivity contribution in [2.24, 2.45) is 0 Å². The van der Waals surface area contributed by atoms with Crippen LogP contribution in [-0.4, -0.2) is 18.2 Å². The normalized spacial score (nSPS) is 13.0. The van der Waals surface area contributed by atoms with Crippen LogP contribution >= 0.6 is 11.3 Å². The summed E-state index contributed by atoms with van der Waals surface area (Å²) in [5.74, 6) is 0. The average molecular weight is 214 g/mol. The van der Waals surface area contributed by atoms with E-state index < -0.39 is 6.10 Å². The van der Waals surface area contributed by atoms with Crippen molar-refractivity contribution in [3.8, 4) is 0 Å². The number of nitrogen functional groups attached to an aromatic ring is 1. The maximum atomic E-state index is 9.73. The standard InChI is InChI=1S/C10H18N2OS/c1-2-3-6-12-7-8(13)9-4-5-10(11)14-9/h4-5,8,12-13H,2-3,6-7,11H2,1H3. The lowest BCUT2D eigenvalue weighted by Crippen LogP contribution is -2.21. The van der Waals surface area contributed by atoms with Crippen LogP contribution in [-0.2, 0) is 0 Å². The highest BCUT2D eigenvalue weighted by atomic mass is 32.1. The molecular formula is C10H18N2OS. The summed E-state index contributed by atoms with van der Waals surface area (Å²) in [5.41, 5.74) is 5.58. The smallest absolute Gasteiger partial charge is 0.101 e. The first kappa shape index (κ1) is 11.5. The van der Waals surface area contributed by atoms with Crippen molar-refractivity contribution in [1.82, 2.24) is 5.32 Å². The van der Waals surface area contributed by atoms with Crippen LogP contribution < -0.4 is 11.1 Å². The van der Waals surface area contributed by atoms with Crippen LogP contribution in [0.5, 0.6) is 0 Å². The molecule has 0 amide bonds. The summed E-state index contributed by atoms with van der Waals surface area (Å²) in [6.07, 6.45) is 1.91. The Labute approximate surface area is 88.9 Å². The lowest BCUT2D eigenvalue weighted by molar-refractivity contribution is 0.178. The van der Waals surface area contributed by atoms with Gasteiger partial charge in [-0.05, 0) is 25.1 Å². The van der Waals surface area contributed by atoms with Crippen molar-refractivity contribution in [2.75, 3.05) is 18.8 Å². The Morgan fingerprint density at radius 2 is 2.36 bits per heavy atom. The number of hydrogen-bond donors (Lipinski definition) is 3. The minimum atomic E-state index is -0.422. The van der Waals surface area contributed by atoms with E-state index in [1.54, 1.807) is 0 Å². The highest BCUT2D eigenvalue weighted by molar-refractivity contribution is 7.15. The van der Waals surface area contributed by atoms with Crippen molar-refractivity contribution >= 4 is 16.3 Å². The van der Waals surface area contributed by atoms with E-state index in [0.717, 1.165) is 22.8 Å². The molecule has 0 fully saturated rings. The molecule has 1 unspecified atom stereocenters. The van der Waals surface area contributed by atoms with Gasteiger partial charge in [0.2, 0.25) is 0 Å². The van der Waals surface area contributed by atoms with E-state index in [2.05, 4.69) is 12.2 Å². The molecule has 1 rings (SSSR count). The summed E-state index contributed by atoms with van der Waals surface area (Å²) in [4.78, 5) is 0.937. The molecule has 1 aromatic rings. The third-order valence-electron chi connectivity index (χ3n) is 2.02. The highest BCUT2D eigenvalue weighted by Crippen LogP contribution is 2.24. The monoisotopic (exact) mass is 214 g/mol. The maximum absolute atomic E-state index is 9.73. The fourth-order valence-electron chi connectivity index (χ4n) is 1.19. The van der Waals surface area contributed by atoms with Crippen LogP contribution in [0.2, 0.25) is 0 Å². The topological polar surface area (TPSA) is 58.3 Å². The van der Waals surface area contributed by atoms with E-state index in [1.165, 1.54) is 17.8 Å². The molecule has 0 aliphatic carbocycles. The molecule has 0 aliphatic rings. The molecule has 0 spiro atoms. The second kappa shape index (κ2) is 6.01. The van der Waals surface area contributed by atoms with Crippen molar-refractivity contribution < 1.29 is 5.11 Å². The molecule has 0 aliphatic heterocycles. The minimum Gasteiger partial charge on any atom is -0.391 e. The Hall–Kier alpha value is -0.580. The predicted molar refractivity (Wildman–Crippen MR) is 61.5 cm³/mol. The zero-order chi connectivity index (χ0) is 10.4. The lowest BCUT2D eigenvalue weighted by Gasteiger charge is -2.09. The van der Waals surface area contributed by atoms with E-state index in [9.17, 15) is 5.11 Å². The Morgan fingerprint density at radius 3 is 2.93 bits per heavy atom. The SMILES string of the molecule is CCCCNCC(O)c1ccc(N)s1. The summed E-state index contributed by atoms with van der Waals surface area (Å²) >= 11 is 1.45. The van der Waals surface area contributed by atoms with E-state index in [0.29, 0.717) is 6.54 Å². The number of hydrogen-bond acceptors (Lipinski definition) is 4. The molecule has 0 bridgehead atoms. The minimum absolute atomic E-state index is 0.422. The number of rotatable bonds is 6. The lowest BCUT2D eigenvalue weighted by atomic mass is 10.3. The van der Waals surface area contributed by atoms with E-state index in [4.69, 9.17) is 5.73 Å². The molecule has 0 saturated heterocycles. The van der Waals surface area contributed by atoms with Gasteiger partial charge >= 0.3 is 0 Å². The second-order valence-corrected chi connectivity index (χ2v) is 4.46. The van der Waals surface area contributed by atoms with Crippen LogP contribution in [0.25, 0.3) is 0 Å². The first-order valence-corrected chi connectivity index (χ1v) is 5.79. The zero-order valence-corrected chi connectivity index (χ0v) is 9.31. The van der Waals surface area contributed by atoms with Gasteiger partial charge in [-0.15, -0.1) is 11.3 Å². The number of aliphatic hydroxyl groups excluding tert-OH is 1. The van der Waals surface area contributed by atoms with E-state index >= 15 is 0 Å². The molecule has 80 valence electrons. The molecule has 1 heterocycles. The predicted octanol–water partition coefficient (Wildman–Crippen LogP) is 1.75. The van der Waals surface area contributed by atoms with E-state index in [-0.39, 0.29) is 0 Å². The summed E-state index contributed by atoms with van der Waals surface area (Å²) < 4.78 is 0. The second-order valence-electron chi connectivity index (χ2n) is 3.31. The van der Waals surface area contributed by atoms with Gasteiger partial charge in [-0.1, -0.05) is 13.3 Å². The van der Waals surface area contributed by atoms with Crippen LogP contribution in [0, 0.1) is 0 Å². The summed E-state index contributed by atoms with van der Waals surface area (Å²) in [6.45, 7) is 3.73. The van der Waals surface area contributed by atoms with Gasteiger partial charge in [0.1, 0.15) is 6.10 Å². The van der Waals surface area contributed by atoms with Crippen LogP contribution in [0.15, 0.2) is 12.1 Å². The summed E-state index contributed by atoms with van der Waals surface area (Å²) in [7, 11) is 0. The van der Waals surface area contributed by atoms with E-state index in [1.807, 2.05) is 12.1 Å². The average Bonchev–Trinajstić information content (AvgIpc) is 2.59. The fraction of sp³-hybridized carbons (Fsp3) is 0.600. The third-order valence-corrected chi connectivity index (χ3v) is 3.04. The largest absolute Gasteiger partial charge is 0.391 e. The number of aliphatic hydroxyl groups is 1. The molecular weight excluding hydrogens is 196 g/mol. The molecule has 0 radical (unpaired) electrons. The Bertz CT molecular complexity index is 262. The Morgan fingerprint density at radius 1 is 1.57 bits per heavy atom. The van der Waals surface area contributed by atoms with Gasteiger partial charge in [0.05, 0.1) is 5.00 Å². The van der Waals surface area contributed by atoms with Gasteiger partial charge in [0, 0.05) is 11.4 Å². The van der Waals surface area contributed by atoms with Gasteiger partial charge < -0.3 is 16.2 Å². The van der Waals surface area contributed by atoms with Crippen molar-refractivity contribution in [2.45, 2.75) is 25.9 Å². The van der Waals surface area contributed by atoms with Gasteiger partial charge in [0.25, 0.3) is 0 Å². The Balaban J connectivity index is 2.25. The van der Waals surface area contributed by atoms with Crippen molar-refractivity contribution in [1.29, 1.82) is 0 Å². The highest BCUT2D eigenvalue weighted by Gasteiger charge is 2.08. The third kappa shape index (κ3) is 3.65. The zero-order valence-electron chi connectivity index (χ0n) is 8.49. The first-order valence-electron chi connectivity index (χ1n) is 4.98. The van der Waals surface area contributed by atoms with Crippen molar-refractivity contribution in [3.63, 3.8) is 0 Å². The molecule has 3 nitrogen and oxygen atoms in total. The molecule has 0 saturated carbocycles. The number of nitrogens with two attached hydrogens (primary N) is 1. The van der Waals surface area contributed by atoms with Gasteiger partial charge in [-0.25, -0.2) is 0 Å². The van der Waals surface area contributed by atoms with Crippen LogP contribution in [0.1, 0.15) is 30.7 Å². The maximum Gasteiger partial charge on any atom is 0.101 e. The van der Waals surface area contributed by atoms with Gasteiger partial charge in [0.15, 0.2) is 0 Å². The van der Waals surface area contributed by atoms with Crippen molar-refractivity contribution in [3.05, 3.63) is 17.0 Å². The summed E-state index contributed by atoms with van der Waals surface area (Å²) in [5, 5.41) is 13.7. The molecule has 1 aromatic heterocycles. The first-order chi connectivity index (χ1) is 6.74. The number of unbranched alkanes of at least 4 members (excludes halogenated alkanes) is 1. The Kier molecular flexibility index (Phi) is 4.93. The molecule has 4 N–H and O–H groups in total. The van der Waals surface area contributed by atoms with Gasteiger partial charge in [-0.2, -0.15) is 0 Å². The van der Waals surface area contributed by atoms with Crippen LogP contribution in [0.4, 0.5) is 5.00 Å². The molecule has 14 heavy (non-hydrogen) atoms. The quantitative estimate of drug-likeness (QED) is 0.632. The number of nitrogens with one attached hydrogen (secondary N) is 1.